The van der Waals surface area contributed by atoms with Gasteiger partial charge in [0.1, 0.15) is 5.75 Å². The molecule has 1 fully saturated rings. The van der Waals surface area contributed by atoms with Gasteiger partial charge in [-0.05, 0) is 30.5 Å². The Kier molecular flexibility index (Phi) is 5.69. The fourth-order valence-corrected chi connectivity index (χ4v) is 3.60. The fourth-order valence-electron chi connectivity index (χ4n) is 3.60. The van der Waals surface area contributed by atoms with Gasteiger partial charge in [-0.15, -0.1) is 0 Å². The Morgan fingerprint density at radius 2 is 2.26 bits per heavy atom. The highest BCUT2D eigenvalue weighted by atomic mass is 16.5. The van der Waals surface area contributed by atoms with Gasteiger partial charge in [0.2, 0.25) is 0 Å². The number of nitrogens with one attached hydrogen (secondary N) is 2. The molecule has 27 heavy (non-hydrogen) atoms. The maximum absolute atomic E-state index is 11.9. The second kappa shape index (κ2) is 8.54. The summed E-state index contributed by atoms with van der Waals surface area (Å²) < 4.78 is 11.1. The second-order valence-electron chi connectivity index (χ2n) is 7.21. The van der Waals surface area contributed by atoms with Crippen LogP contribution in [0.4, 0.5) is 0 Å². The van der Waals surface area contributed by atoms with E-state index < -0.39 is 0 Å². The molecule has 0 aliphatic carbocycles. The molecule has 0 bridgehead atoms. The van der Waals surface area contributed by atoms with Crippen LogP contribution in [0.25, 0.3) is 0 Å². The maximum Gasteiger partial charge on any atom is 0.258 e. The summed E-state index contributed by atoms with van der Waals surface area (Å²) in [5.74, 6) is 0.598. The molecule has 0 unspecified atom stereocenters. The van der Waals surface area contributed by atoms with Gasteiger partial charge in [0, 0.05) is 50.5 Å². The summed E-state index contributed by atoms with van der Waals surface area (Å²) in [6.45, 7) is 4.24. The molecular weight excluding hydrogens is 344 g/mol. The van der Waals surface area contributed by atoms with Crippen LogP contribution in [0.15, 0.2) is 30.5 Å². The SMILES string of the molecule is O=C(COc1ccc(CN2CCc3[nH]ncc3C2)cc1)NC[C@H]1CCCO1. The van der Waals surface area contributed by atoms with E-state index in [1.165, 1.54) is 16.8 Å². The van der Waals surface area contributed by atoms with Gasteiger partial charge >= 0.3 is 0 Å². The lowest BCUT2D eigenvalue weighted by atomic mass is 10.1. The number of hydrogen-bond acceptors (Lipinski definition) is 5. The number of benzene rings is 1. The lowest BCUT2D eigenvalue weighted by molar-refractivity contribution is -0.123. The molecule has 1 atom stereocenters. The number of ether oxygens (including phenoxy) is 2. The molecule has 2 aromatic rings. The first-order valence-electron chi connectivity index (χ1n) is 9.60. The Morgan fingerprint density at radius 1 is 1.37 bits per heavy atom. The number of rotatable bonds is 7. The van der Waals surface area contributed by atoms with Gasteiger partial charge in [-0.3, -0.25) is 14.8 Å². The topological polar surface area (TPSA) is 79.5 Å². The van der Waals surface area contributed by atoms with Crippen LogP contribution >= 0.6 is 0 Å². The van der Waals surface area contributed by atoms with Crippen molar-refractivity contribution in [3.63, 3.8) is 0 Å². The molecule has 4 rings (SSSR count). The van der Waals surface area contributed by atoms with Crippen LogP contribution < -0.4 is 10.1 Å². The highest BCUT2D eigenvalue weighted by Crippen LogP contribution is 2.19. The standard InChI is InChI=1S/C20H26N4O3/c25-20(21-11-18-2-1-9-26-18)14-27-17-5-3-15(4-6-17)12-24-8-7-19-16(13-24)10-22-23-19/h3-6,10,18H,1-2,7-9,11-14H2,(H,21,25)(H,22,23)/t18-/m1/s1. The van der Waals surface area contributed by atoms with Crippen LogP contribution in [-0.2, 0) is 29.0 Å². The smallest absolute Gasteiger partial charge is 0.258 e. The highest BCUT2D eigenvalue weighted by Gasteiger charge is 2.18. The fraction of sp³-hybridized carbons (Fsp3) is 0.500. The molecular formula is C20H26N4O3. The largest absolute Gasteiger partial charge is 0.484 e. The van der Waals surface area contributed by atoms with Gasteiger partial charge in [-0.25, -0.2) is 0 Å². The monoisotopic (exact) mass is 370 g/mol. The van der Waals surface area contributed by atoms with Crippen molar-refractivity contribution < 1.29 is 14.3 Å². The van der Waals surface area contributed by atoms with Gasteiger partial charge in [0.15, 0.2) is 6.61 Å². The zero-order valence-corrected chi connectivity index (χ0v) is 15.4. The van der Waals surface area contributed by atoms with Gasteiger partial charge in [0.25, 0.3) is 5.91 Å². The lowest BCUT2D eigenvalue weighted by Gasteiger charge is -2.26. The van der Waals surface area contributed by atoms with E-state index in [0.717, 1.165) is 45.5 Å². The third kappa shape index (κ3) is 4.87. The van der Waals surface area contributed by atoms with E-state index in [9.17, 15) is 4.79 Å². The number of aromatic nitrogens is 2. The third-order valence-corrected chi connectivity index (χ3v) is 5.13. The second-order valence-corrected chi connectivity index (χ2v) is 7.21. The Hall–Kier alpha value is -2.38. The van der Waals surface area contributed by atoms with Gasteiger partial charge in [-0.2, -0.15) is 5.10 Å². The Balaban J connectivity index is 1.20. The molecule has 0 spiro atoms. The van der Waals surface area contributed by atoms with E-state index in [1.807, 2.05) is 18.3 Å². The van der Waals surface area contributed by atoms with Crippen molar-refractivity contribution >= 4 is 5.91 Å². The predicted octanol–water partition coefficient (Wildman–Crippen LogP) is 1.64. The summed E-state index contributed by atoms with van der Waals surface area (Å²) in [6, 6.07) is 7.97. The normalized spacial score (nSPS) is 19.6. The van der Waals surface area contributed by atoms with Crippen molar-refractivity contribution in [2.24, 2.45) is 0 Å². The van der Waals surface area contributed by atoms with Crippen molar-refractivity contribution in [2.45, 2.75) is 38.5 Å². The van der Waals surface area contributed by atoms with Crippen LogP contribution in [0.5, 0.6) is 5.75 Å². The first-order valence-corrected chi connectivity index (χ1v) is 9.60. The number of hydrogen-bond donors (Lipinski definition) is 2. The first-order chi connectivity index (χ1) is 13.3. The molecule has 7 heteroatoms. The number of carbonyl (C=O) groups excluding carboxylic acids is 1. The summed E-state index contributed by atoms with van der Waals surface area (Å²) in [5, 5.41) is 10.0. The quantitative estimate of drug-likeness (QED) is 0.775. The number of aromatic amines is 1. The third-order valence-electron chi connectivity index (χ3n) is 5.13. The zero-order valence-electron chi connectivity index (χ0n) is 15.4. The summed E-state index contributed by atoms with van der Waals surface area (Å²) in [7, 11) is 0. The minimum Gasteiger partial charge on any atom is -0.484 e. The number of H-pyrrole nitrogens is 1. The summed E-state index contributed by atoms with van der Waals surface area (Å²) in [5.41, 5.74) is 3.78. The molecule has 0 radical (unpaired) electrons. The number of amides is 1. The zero-order chi connectivity index (χ0) is 18.5. The summed E-state index contributed by atoms with van der Waals surface area (Å²) in [4.78, 5) is 14.3. The van der Waals surface area contributed by atoms with Crippen LogP contribution in [-0.4, -0.2) is 53.4 Å². The lowest BCUT2D eigenvalue weighted by Crippen LogP contribution is -2.35. The van der Waals surface area contributed by atoms with Gasteiger partial charge in [0.05, 0.1) is 12.3 Å². The average Bonchev–Trinajstić information content (AvgIpc) is 3.37. The average molecular weight is 370 g/mol. The number of carbonyl (C=O) groups is 1. The molecule has 144 valence electrons. The van der Waals surface area contributed by atoms with Crippen LogP contribution in [0.1, 0.15) is 29.7 Å². The van der Waals surface area contributed by atoms with Crippen molar-refractivity contribution in [1.29, 1.82) is 0 Å². The Labute approximate surface area is 159 Å². The van der Waals surface area contributed by atoms with Crippen molar-refractivity contribution in [3.8, 4) is 5.75 Å². The van der Waals surface area contributed by atoms with Crippen molar-refractivity contribution in [3.05, 3.63) is 47.3 Å². The van der Waals surface area contributed by atoms with Gasteiger partial charge < -0.3 is 14.8 Å². The maximum atomic E-state index is 11.9. The van der Waals surface area contributed by atoms with E-state index in [1.54, 1.807) is 0 Å². The minimum atomic E-state index is -0.112. The van der Waals surface area contributed by atoms with Crippen LogP contribution in [0.3, 0.4) is 0 Å². The van der Waals surface area contributed by atoms with Crippen LogP contribution in [0, 0.1) is 0 Å². The Morgan fingerprint density at radius 3 is 3.07 bits per heavy atom. The Bertz CT molecular complexity index is 753. The van der Waals surface area contributed by atoms with E-state index in [0.29, 0.717) is 12.3 Å². The van der Waals surface area contributed by atoms with Crippen LogP contribution in [0.2, 0.25) is 0 Å². The predicted molar refractivity (Wildman–Crippen MR) is 100 cm³/mol. The molecule has 3 heterocycles. The molecule has 2 aliphatic rings. The first kappa shape index (κ1) is 18.0. The molecule has 2 aliphatic heterocycles. The summed E-state index contributed by atoms with van der Waals surface area (Å²) >= 11 is 0. The molecule has 1 amide bonds. The molecule has 1 aromatic heterocycles. The number of fused-ring (bicyclic) bond motifs is 1. The van der Waals surface area contributed by atoms with E-state index in [4.69, 9.17) is 9.47 Å². The summed E-state index contributed by atoms with van der Waals surface area (Å²) in [6.07, 6.45) is 5.17. The number of nitrogens with zero attached hydrogens (tertiary/aromatic N) is 2. The molecule has 1 aromatic carbocycles. The molecule has 7 nitrogen and oxygen atoms in total. The van der Waals surface area contributed by atoms with E-state index >= 15 is 0 Å². The van der Waals surface area contributed by atoms with E-state index in [-0.39, 0.29) is 18.6 Å². The molecule has 0 saturated carbocycles. The van der Waals surface area contributed by atoms with Crippen molar-refractivity contribution in [1.82, 2.24) is 20.4 Å². The highest BCUT2D eigenvalue weighted by molar-refractivity contribution is 5.77. The molecule has 2 N–H and O–H groups in total. The van der Waals surface area contributed by atoms with Crippen molar-refractivity contribution in [2.75, 3.05) is 26.3 Å². The van der Waals surface area contributed by atoms with E-state index in [2.05, 4.69) is 32.5 Å². The van der Waals surface area contributed by atoms with Gasteiger partial charge in [-0.1, -0.05) is 12.1 Å². The molecule has 1 saturated heterocycles. The minimum absolute atomic E-state index is 0.0292.